The van der Waals surface area contributed by atoms with Gasteiger partial charge in [-0.25, -0.2) is 4.39 Å². The summed E-state index contributed by atoms with van der Waals surface area (Å²) in [6.45, 7) is 4.97. The quantitative estimate of drug-likeness (QED) is 0.627. The van der Waals surface area contributed by atoms with E-state index in [4.69, 9.17) is 0 Å². The van der Waals surface area contributed by atoms with Gasteiger partial charge in [-0.15, -0.1) is 0 Å². The van der Waals surface area contributed by atoms with Gasteiger partial charge in [-0.1, -0.05) is 0 Å². The Morgan fingerprint density at radius 1 is 1.53 bits per heavy atom. The highest BCUT2D eigenvalue weighted by molar-refractivity contribution is 5.62. The minimum atomic E-state index is -0.747. The summed E-state index contributed by atoms with van der Waals surface area (Å²) in [5.41, 5.74) is -0.913. The fourth-order valence-corrected chi connectivity index (χ4v) is 1.21. The fourth-order valence-electron chi connectivity index (χ4n) is 1.21. The van der Waals surface area contributed by atoms with E-state index in [1.54, 1.807) is 20.8 Å². The van der Waals surface area contributed by atoms with E-state index in [0.29, 0.717) is 0 Å². The van der Waals surface area contributed by atoms with Crippen LogP contribution in [-0.2, 0) is 0 Å². The SMILES string of the molecule is C[C@H](O)C(C)(C)Nc1ccc(F)cc1[N+](=O)[O-]. The first-order valence-electron chi connectivity index (χ1n) is 5.14. The highest BCUT2D eigenvalue weighted by atomic mass is 19.1. The van der Waals surface area contributed by atoms with Crippen LogP contribution in [0.4, 0.5) is 15.8 Å². The zero-order valence-corrected chi connectivity index (χ0v) is 9.90. The Labute approximate surface area is 98.4 Å². The fraction of sp³-hybridized carbons (Fsp3) is 0.455. The number of nitro benzene ring substituents is 1. The summed E-state index contributed by atoms with van der Waals surface area (Å²) in [4.78, 5) is 10.1. The second-order valence-electron chi connectivity index (χ2n) is 4.44. The molecule has 0 bridgehead atoms. The van der Waals surface area contributed by atoms with Crippen LogP contribution in [0, 0.1) is 15.9 Å². The molecule has 0 aromatic heterocycles. The Morgan fingerprint density at radius 3 is 2.59 bits per heavy atom. The van der Waals surface area contributed by atoms with Crippen LogP contribution in [-0.4, -0.2) is 21.7 Å². The van der Waals surface area contributed by atoms with Crippen molar-refractivity contribution < 1.29 is 14.4 Å². The predicted molar refractivity (Wildman–Crippen MR) is 62.4 cm³/mol. The average Bonchev–Trinajstić information content (AvgIpc) is 2.19. The molecule has 94 valence electrons. The maximum absolute atomic E-state index is 12.9. The van der Waals surface area contributed by atoms with E-state index in [9.17, 15) is 19.6 Å². The number of nitrogens with one attached hydrogen (secondary N) is 1. The lowest BCUT2D eigenvalue weighted by Crippen LogP contribution is -2.42. The molecule has 1 rings (SSSR count). The molecule has 0 saturated carbocycles. The lowest BCUT2D eigenvalue weighted by molar-refractivity contribution is -0.384. The Balaban J connectivity index is 3.11. The molecule has 1 aromatic rings. The highest BCUT2D eigenvalue weighted by Gasteiger charge is 2.27. The van der Waals surface area contributed by atoms with Crippen LogP contribution < -0.4 is 5.32 Å². The summed E-state index contributed by atoms with van der Waals surface area (Å²) >= 11 is 0. The Kier molecular flexibility index (Phi) is 3.67. The number of nitrogens with zero attached hydrogens (tertiary/aromatic N) is 1. The van der Waals surface area contributed by atoms with Crippen LogP contribution in [0.1, 0.15) is 20.8 Å². The zero-order chi connectivity index (χ0) is 13.2. The summed E-state index contributed by atoms with van der Waals surface area (Å²) < 4.78 is 12.9. The van der Waals surface area contributed by atoms with Gasteiger partial charge in [0.25, 0.3) is 5.69 Å². The van der Waals surface area contributed by atoms with E-state index in [-0.39, 0.29) is 11.4 Å². The molecule has 2 N–H and O–H groups in total. The number of rotatable bonds is 4. The minimum Gasteiger partial charge on any atom is -0.391 e. The van der Waals surface area contributed by atoms with E-state index in [2.05, 4.69) is 5.32 Å². The monoisotopic (exact) mass is 242 g/mol. The van der Waals surface area contributed by atoms with Gasteiger partial charge in [-0.05, 0) is 32.9 Å². The second kappa shape index (κ2) is 4.67. The summed E-state index contributed by atoms with van der Waals surface area (Å²) in [5, 5.41) is 23.1. The molecule has 17 heavy (non-hydrogen) atoms. The van der Waals surface area contributed by atoms with Crippen molar-refractivity contribution in [3.05, 3.63) is 34.1 Å². The molecule has 1 aromatic carbocycles. The van der Waals surface area contributed by atoms with Gasteiger partial charge in [0.15, 0.2) is 0 Å². The van der Waals surface area contributed by atoms with E-state index < -0.39 is 22.4 Å². The largest absolute Gasteiger partial charge is 0.391 e. The number of anilines is 1. The highest BCUT2D eigenvalue weighted by Crippen LogP contribution is 2.28. The maximum Gasteiger partial charge on any atom is 0.295 e. The number of aliphatic hydroxyl groups excluding tert-OH is 1. The van der Waals surface area contributed by atoms with Gasteiger partial charge in [0.1, 0.15) is 11.5 Å². The van der Waals surface area contributed by atoms with Crippen molar-refractivity contribution in [2.24, 2.45) is 0 Å². The van der Waals surface area contributed by atoms with E-state index in [1.165, 1.54) is 6.07 Å². The number of hydrogen-bond acceptors (Lipinski definition) is 4. The van der Waals surface area contributed by atoms with Crippen molar-refractivity contribution in [3.63, 3.8) is 0 Å². The Bertz CT molecular complexity index is 433. The summed E-state index contributed by atoms with van der Waals surface area (Å²) in [6, 6.07) is 3.27. The van der Waals surface area contributed by atoms with Crippen LogP contribution in [0.5, 0.6) is 0 Å². The smallest absolute Gasteiger partial charge is 0.295 e. The van der Waals surface area contributed by atoms with Crippen LogP contribution >= 0.6 is 0 Å². The van der Waals surface area contributed by atoms with Gasteiger partial charge in [-0.3, -0.25) is 10.1 Å². The number of halogens is 1. The van der Waals surface area contributed by atoms with Crippen molar-refractivity contribution >= 4 is 11.4 Å². The topological polar surface area (TPSA) is 75.4 Å². The van der Waals surface area contributed by atoms with E-state index in [0.717, 1.165) is 12.1 Å². The third-order valence-corrected chi connectivity index (χ3v) is 2.66. The van der Waals surface area contributed by atoms with Crippen molar-refractivity contribution in [1.29, 1.82) is 0 Å². The number of nitro groups is 1. The third kappa shape index (κ3) is 3.13. The van der Waals surface area contributed by atoms with Gasteiger partial charge in [0.2, 0.25) is 0 Å². The molecule has 6 heteroatoms. The van der Waals surface area contributed by atoms with Crippen molar-refractivity contribution in [3.8, 4) is 0 Å². The molecule has 0 amide bonds. The summed E-state index contributed by atoms with van der Waals surface area (Å²) in [7, 11) is 0. The third-order valence-electron chi connectivity index (χ3n) is 2.66. The minimum absolute atomic E-state index is 0.183. The number of aliphatic hydroxyl groups is 1. The normalized spacial score (nSPS) is 13.2. The standard InChI is InChI=1S/C11H15FN2O3/c1-7(15)11(2,3)13-9-5-4-8(12)6-10(9)14(16)17/h4-7,13,15H,1-3H3/t7-/m0/s1. The van der Waals surface area contributed by atoms with Gasteiger partial charge >= 0.3 is 0 Å². The molecule has 0 radical (unpaired) electrons. The van der Waals surface area contributed by atoms with Gasteiger partial charge < -0.3 is 10.4 Å². The molecule has 0 heterocycles. The van der Waals surface area contributed by atoms with Crippen molar-refractivity contribution in [2.45, 2.75) is 32.4 Å². The first-order valence-corrected chi connectivity index (χ1v) is 5.14. The number of benzene rings is 1. The molecule has 0 spiro atoms. The molecular formula is C11H15FN2O3. The summed E-state index contributed by atoms with van der Waals surface area (Å²) in [5.74, 6) is -0.669. The zero-order valence-electron chi connectivity index (χ0n) is 9.90. The van der Waals surface area contributed by atoms with Crippen molar-refractivity contribution in [2.75, 3.05) is 5.32 Å². The Morgan fingerprint density at radius 2 is 2.12 bits per heavy atom. The molecule has 1 atom stereocenters. The lowest BCUT2D eigenvalue weighted by Gasteiger charge is -2.30. The van der Waals surface area contributed by atoms with Crippen LogP contribution in [0.25, 0.3) is 0 Å². The van der Waals surface area contributed by atoms with Crippen LogP contribution in [0.2, 0.25) is 0 Å². The second-order valence-corrected chi connectivity index (χ2v) is 4.44. The predicted octanol–water partition coefficient (Wildman–Crippen LogP) is 2.31. The molecular weight excluding hydrogens is 227 g/mol. The maximum atomic E-state index is 12.9. The number of hydrogen-bond donors (Lipinski definition) is 2. The van der Waals surface area contributed by atoms with Gasteiger partial charge in [-0.2, -0.15) is 0 Å². The lowest BCUT2D eigenvalue weighted by atomic mass is 9.98. The molecule has 0 saturated heterocycles. The molecule has 0 fully saturated rings. The van der Waals surface area contributed by atoms with E-state index in [1.807, 2.05) is 0 Å². The summed E-state index contributed by atoms with van der Waals surface area (Å²) in [6.07, 6.45) is -0.716. The molecule has 0 aliphatic carbocycles. The molecule has 0 aliphatic rings. The average molecular weight is 242 g/mol. The first-order chi connectivity index (χ1) is 7.74. The van der Waals surface area contributed by atoms with Crippen molar-refractivity contribution in [1.82, 2.24) is 0 Å². The molecule has 0 unspecified atom stereocenters. The van der Waals surface area contributed by atoms with Crippen LogP contribution in [0.15, 0.2) is 18.2 Å². The molecule has 5 nitrogen and oxygen atoms in total. The van der Waals surface area contributed by atoms with Gasteiger partial charge in [0, 0.05) is 0 Å². The van der Waals surface area contributed by atoms with Crippen LogP contribution in [0.3, 0.4) is 0 Å². The first kappa shape index (κ1) is 13.4. The molecule has 0 aliphatic heterocycles. The van der Waals surface area contributed by atoms with Gasteiger partial charge in [0.05, 0.1) is 22.6 Å². The Hall–Kier alpha value is -1.69. The van der Waals surface area contributed by atoms with E-state index >= 15 is 0 Å².